The van der Waals surface area contributed by atoms with E-state index in [1.807, 2.05) is 6.07 Å². The second-order valence-corrected chi connectivity index (χ2v) is 5.55. The molecule has 0 aromatic heterocycles. The summed E-state index contributed by atoms with van der Waals surface area (Å²) in [4.78, 5) is 2.43. The zero-order chi connectivity index (χ0) is 14.3. The molecule has 0 heterocycles. The fourth-order valence-electron chi connectivity index (χ4n) is 2.40. The largest absolute Gasteiger partial charge is 0.383 e. The number of nitrogens with zero attached hydrogens (tertiary/aromatic N) is 1. The van der Waals surface area contributed by atoms with Gasteiger partial charge in [0, 0.05) is 36.4 Å². The summed E-state index contributed by atoms with van der Waals surface area (Å²) in [7, 11) is 1.75. The third kappa shape index (κ3) is 4.48. The molecule has 0 unspecified atom stereocenters. The van der Waals surface area contributed by atoms with Gasteiger partial charge in [-0.1, -0.05) is 35.8 Å². The van der Waals surface area contributed by atoms with E-state index < -0.39 is 0 Å². The van der Waals surface area contributed by atoms with Crippen molar-refractivity contribution in [2.75, 3.05) is 25.2 Å². The van der Waals surface area contributed by atoms with E-state index in [0.29, 0.717) is 12.6 Å². The minimum absolute atomic E-state index is 0.523. The number of hydrogen-bond acceptors (Lipinski definition) is 3. The summed E-state index contributed by atoms with van der Waals surface area (Å²) in [6.45, 7) is 6.65. The second-order valence-electron chi connectivity index (χ2n) is 4.63. The number of hydrogen-bond donors (Lipinski definition) is 1. The quantitative estimate of drug-likeness (QED) is 0.793. The van der Waals surface area contributed by atoms with Gasteiger partial charge in [0.1, 0.15) is 0 Å². The Morgan fingerprint density at radius 1 is 1.32 bits per heavy atom. The lowest BCUT2D eigenvalue weighted by molar-refractivity contribution is 0.202. The topological polar surface area (TPSA) is 38.5 Å². The highest BCUT2D eigenvalue weighted by Crippen LogP contribution is 2.28. The molecule has 2 N–H and O–H groups in total. The SMILES string of the molecule is CCC(CC)N(CCOC)c1cc(Br)ccc1CN. The lowest BCUT2D eigenvalue weighted by atomic mass is 10.1. The zero-order valence-corrected chi connectivity index (χ0v) is 13.7. The molecule has 1 rings (SSSR count). The summed E-state index contributed by atoms with van der Waals surface area (Å²) >= 11 is 3.56. The highest BCUT2D eigenvalue weighted by atomic mass is 79.9. The normalized spacial score (nSPS) is 11.1. The van der Waals surface area contributed by atoms with Crippen molar-refractivity contribution < 1.29 is 4.74 Å². The molecule has 0 saturated carbocycles. The van der Waals surface area contributed by atoms with Crippen LogP contribution in [-0.2, 0) is 11.3 Å². The summed E-state index contributed by atoms with van der Waals surface area (Å²) < 4.78 is 6.34. The Labute approximate surface area is 125 Å². The predicted molar refractivity (Wildman–Crippen MR) is 85.6 cm³/mol. The Hall–Kier alpha value is -0.580. The molecule has 0 radical (unpaired) electrons. The molecule has 0 saturated heterocycles. The zero-order valence-electron chi connectivity index (χ0n) is 12.2. The maximum absolute atomic E-state index is 5.88. The van der Waals surface area contributed by atoms with Gasteiger partial charge < -0.3 is 15.4 Å². The van der Waals surface area contributed by atoms with E-state index >= 15 is 0 Å². The van der Waals surface area contributed by atoms with Crippen LogP contribution in [0.15, 0.2) is 22.7 Å². The highest BCUT2D eigenvalue weighted by Gasteiger charge is 2.18. The van der Waals surface area contributed by atoms with Gasteiger partial charge >= 0.3 is 0 Å². The van der Waals surface area contributed by atoms with Crippen LogP contribution in [-0.4, -0.2) is 26.3 Å². The fraction of sp³-hybridized carbons (Fsp3) is 0.600. The van der Waals surface area contributed by atoms with E-state index in [1.54, 1.807) is 7.11 Å². The Morgan fingerprint density at radius 2 is 2.00 bits per heavy atom. The first-order chi connectivity index (χ1) is 9.17. The summed E-state index contributed by atoms with van der Waals surface area (Å²) in [5.41, 5.74) is 8.29. The van der Waals surface area contributed by atoms with Crippen molar-refractivity contribution in [3.05, 3.63) is 28.2 Å². The average Bonchev–Trinajstić information content (AvgIpc) is 2.43. The third-order valence-electron chi connectivity index (χ3n) is 3.50. The van der Waals surface area contributed by atoms with Crippen LogP contribution >= 0.6 is 15.9 Å². The Bertz CT molecular complexity index is 380. The maximum Gasteiger partial charge on any atom is 0.0637 e. The second kappa shape index (κ2) is 8.56. The van der Waals surface area contributed by atoms with Gasteiger partial charge in [-0.25, -0.2) is 0 Å². The Balaban J connectivity index is 3.10. The minimum Gasteiger partial charge on any atom is -0.383 e. The van der Waals surface area contributed by atoms with E-state index in [0.717, 1.165) is 30.5 Å². The van der Waals surface area contributed by atoms with Crippen LogP contribution in [0.25, 0.3) is 0 Å². The van der Waals surface area contributed by atoms with Gasteiger partial charge in [0.25, 0.3) is 0 Å². The van der Waals surface area contributed by atoms with Crippen molar-refractivity contribution >= 4 is 21.6 Å². The van der Waals surface area contributed by atoms with Gasteiger partial charge in [0.05, 0.1) is 6.61 Å². The van der Waals surface area contributed by atoms with Crippen LogP contribution in [0.2, 0.25) is 0 Å². The van der Waals surface area contributed by atoms with Gasteiger partial charge in [-0.15, -0.1) is 0 Å². The molecule has 4 heteroatoms. The summed E-state index contributed by atoms with van der Waals surface area (Å²) in [6.07, 6.45) is 2.24. The lowest BCUT2D eigenvalue weighted by Crippen LogP contribution is -2.38. The lowest BCUT2D eigenvalue weighted by Gasteiger charge is -2.34. The van der Waals surface area contributed by atoms with Crippen LogP contribution in [0.1, 0.15) is 32.3 Å². The molecule has 0 atom stereocenters. The molecule has 0 aliphatic rings. The van der Waals surface area contributed by atoms with Crippen molar-refractivity contribution in [1.82, 2.24) is 0 Å². The standard InChI is InChI=1S/C15H25BrN2O/c1-4-14(5-2)18(8-9-19-3)15-10-13(16)7-6-12(15)11-17/h6-7,10,14H,4-5,8-9,11,17H2,1-3H3. The highest BCUT2D eigenvalue weighted by molar-refractivity contribution is 9.10. The van der Waals surface area contributed by atoms with E-state index in [-0.39, 0.29) is 0 Å². The van der Waals surface area contributed by atoms with E-state index in [9.17, 15) is 0 Å². The average molecular weight is 329 g/mol. The number of ether oxygens (including phenoxy) is 1. The Morgan fingerprint density at radius 3 is 2.53 bits per heavy atom. The summed E-state index contributed by atoms with van der Waals surface area (Å²) in [5, 5.41) is 0. The van der Waals surface area contributed by atoms with Crippen molar-refractivity contribution in [2.24, 2.45) is 5.73 Å². The molecule has 3 nitrogen and oxygen atoms in total. The molecule has 19 heavy (non-hydrogen) atoms. The molecule has 0 bridgehead atoms. The molecule has 0 aliphatic heterocycles. The molecule has 1 aromatic carbocycles. The molecule has 0 amide bonds. The van der Waals surface area contributed by atoms with Crippen LogP contribution in [0.4, 0.5) is 5.69 Å². The minimum atomic E-state index is 0.523. The number of nitrogens with two attached hydrogens (primary N) is 1. The number of rotatable bonds is 8. The number of halogens is 1. The van der Waals surface area contributed by atoms with Crippen molar-refractivity contribution in [3.8, 4) is 0 Å². The van der Waals surface area contributed by atoms with Gasteiger partial charge in [-0.2, -0.15) is 0 Å². The van der Waals surface area contributed by atoms with Crippen molar-refractivity contribution in [1.29, 1.82) is 0 Å². The van der Waals surface area contributed by atoms with Gasteiger partial charge in [0.2, 0.25) is 0 Å². The molecule has 0 aliphatic carbocycles. The summed E-state index contributed by atoms with van der Waals surface area (Å²) in [5.74, 6) is 0. The predicted octanol–water partition coefficient (Wildman–Crippen LogP) is 3.55. The first-order valence-corrected chi connectivity index (χ1v) is 7.71. The van der Waals surface area contributed by atoms with Gasteiger partial charge in [-0.3, -0.25) is 0 Å². The van der Waals surface area contributed by atoms with Crippen molar-refractivity contribution in [3.63, 3.8) is 0 Å². The molecule has 108 valence electrons. The van der Waals surface area contributed by atoms with Gasteiger partial charge in [0.15, 0.2) is 0 Å². The van der Waals surface area contributed by atoms with E-state index in [1.165, 1.54) is 11.3 Å². The third-order valence-corrected chi connectivity index (χ3v) is 3.99. The molecule has 0 fully saturated rings. The van der Waals surface area contributed by atoms with Crippen LogP contribution < -0.4 is 10.6 Å². The smallest absolute Gasteiger partial charge is 0.0637 e. The Kier molecular flexibility index (Phi) is 7.42. The molecular formula is C15H25BrN2O. The molecule has 1 aromatic rings. The molecule has 0 spiro atoms. The number of anilines is 1. The molecular weight excluding hydrogens is 304 g/mol. The number of methoxy groups -OCH3 is 1. The summed E-state index contributed by atoms with van der Waals surface area (Å²) in [6, 6.07) is 6.83. The van der Waals surface area contributed by atoms with Gasteiger partial charge in [-0.05, 0) is 30.5 Å². The first-order valence-electron chi connectivity index (χ1n) is 6.91. The monoisotopic (exact) mass is 328 g/mol. The van der Waals surface area contributed by atoms with Crippen LogP contribution in [0.5, 0.6) is 0 Å². The van der Waals surface area contributed by atoms with Crippen molar-refractivity contribution in [2.45, 2.75) is 39.3 Å². The fourth-order valence-corrected chi connectivity index (χ4v) is 2.74. The van der Waals surface area contributed by atoms with Crippen LogP contribution in [0, 0.1) is 0 Å². The van der Waals surface area contributed by atoms with E-state index in [4.69, 9.17) is 10.5 Å². The van der Waals surface area contributed by atoms with Crippen LogP contribution in [0.3, 0.4) is 0 Å². The maximum atomic E-state index is 5.88. The number of benzene rings is 1. The first kappa shape index (κ1) is 16.5. The van der Waals surface area contributed by atoms with E-state index in [2.05, 4.69) is 46.8 Å².